The number of halogens is 3. The molecule has 0 spiro atoms. The maximum Gasteiger partial charge on any atom is 0.168 e. The summed E-state index contributed by atoms with van der Waals surface area (Å²) in [5.74, 6) is -0.443. The zero-order valence-electron chi connectivity index (χ0n) is 16.7. The Morgan fingerprint density at radius 3 is 2.43 bits per heavy atom. The van der Waals surface area contributed by atoms with Crippen LogP contribution in [0.1, 0.15) is 19.3 Å². The van der Waals surface area contributed by atoms with Crippen LogP contribution in [0.4, 0.5) is 19.0 Å². The summed E-state index contributed by atoms with van der Waals surface area (Å²) in [7, 11) is 0. The molecule has 3 fully saturated rings. The summed E-state index contributed by atoms with van der Waals surface area (Å²) in [5.41, 5.74) is -0.122. The fraction of sp³-hybridized carbons (Fsp3) is 0.545. The second kappa shape index (κ2) is 8.15. The van der Waals surface area contributed by atoms with Gasteiger partial charge in [0.25, 0.3) is 0 Å². The van der Waals surface area contributed by atoms with Gasteiger partial charge < -0.3 is 15.0 Å². The van der Waals surface area contributed by atoms with Crippen molar-refractivity contribution in [3.63, 3.8) is 0 Å². The minimum Gasteiger partial charge on any atom is -0.381 e. The molecule has 1 aliphatic carbocycles. The Kier molecular flexibility index (Phi) is 5.37. The molecule has 0 radical (unpaired) electrons. The fourth-order valence-electron chi connectivity index (χ4n) is 5.02. The van der Waals surface area contributed by atoms with Crippen molar-refractivity contribution in [2.45, 2.75) is 25.3 Å². The predicted molar refractivity (Wildman–Crippen MR) is 106 cm³/mol. The van der Waals surface area contributed by atoms with Crippen LogP contribution in [0.3, 0.4) is 0 Å². The van der Waals surface area contributed by atoms with Crippen molar-refractivity contribution in [2.24, 2.45) is 17.8 Å². The molecule has 1 N–H and O–H groups in total. The topological polar surface area (TPSA) is 50.3 Å². The van der Waals surface area contributed by atoms with Gasteiger partial charge in [-0.05, 0) is 55.8 Å². The van der Waals surface area contributed by atoms with Crippen molar-refractivity contribution in [2.75, 3.05) is 38.2 Å². The molecule has 1 saturated carbocycles. The molecule has 0 unspecified atom stereocenters. The number of rotatable bonds is 6. The summed E-state index contributed by atoms with van der Waals surface area (Å²) in [6.07, 6.45) is 3.43. The summed E-state index contributed by atoms with van der Waals surface area (Å²) in [6, 6.07) is 5.00. The molecule has 8 heteroatoms. The standard InChI is InChI=1S/C22H25F3N4O/c23-16-7-18(22(25)19(24)8-16)20-1-2-21(28-27-20)26-17-5-14-9-29(10-15(14)6-17)4-3-13-11-30-12-13/h1-2,7-8,13-15,17H,3-6,9-12H2,(H,26,28)/t14-,15+,17+. The third-order valence-corrected chi connectivity index (χ3v) is 6.67. The van der Waals surface area contributed by atoms with Gasteiger partial charge in [-0.25, -0.2) is 13.2 Å². The van der Waals surface area contributed by atoms with E-state index in [1.165, 1.54) is 19.0 Å². The van der Waals surface area contributed by atoms with Crippen molar-refractivity contribution < 1.29 is 17.9 Å². The number of hydrogen-bond donors (Lipinski definition) is 1. The molecule has 0 amide bonds. The van der Waals surface area contributed by atoms with Crippen molar-refractivity contribution in [3.8, 4) is 11.3 Å². The normalized spacial score (nSPS) is 26.6. The van der Waals surface area contributed by atoms with E-state index >= 15 is 0 Å². The van der Waals surface area contributed by atoms with Gasteiger partial charge in [-0.2, -0.15) is 0 Å². The van der Waals surface area contributed by atoms with Crippen LogP contribution in [0.25, 0.3) is 11.3 Å². The number of ether oxygens (including phenoxy) is 1. The van der Waals surface area contributed by atoms with Gasteiger partial charge in [0.15, 0.2) is 11.6 Å². The maximum absolute atomic E-state index is 13.9. The lowest BCUT2D eigenvalue weighted by Gasteiger charge is -2.28. The third-order valence-electron chi connectivity index (χ3n) is 6.67. The Balaban J connectivity index is 1.15. The monoisotopic (exact) mass is 418 g/mol. The molecule has 5 nitrogen and oxygen atoms in total. The van der Waals surface area contributed by atoms with Gasteiger partial charge in [0.1, 0.15) is 11.6 Å². The van der Waals surface area contributed by atoms with Crippen LogP contribution in [0.15, 0.2) is 24.3 Å². The second-order valence-corrected chi connectivity index (χ2v) is 8.84. The molecule has 2 aliphatic heterocycles. The lowest BCUT2D eigenvalue weighted by Crippen LogP contribution is -2.33. The van der Waals surface area contributed by atoms with Crippen molar-refractivity contribution in [3.05, 3.63) is 41.7 Å². The van der Waals surface area contributed by atoms with E-state index in [1.54, 1.807) is 6.07 Å². The van der Waals surface area contributed by atoms with Gasteiger partial charge >= 0.3 is 0 Å². The molecule has 2 aromatic rings. The van der Waals surface area contributed by atoms with E-state index in [4.69, 9.17) is 4.74 Å². The average molecular weight is 418 g/mol. The van der Waals surface area contributed by atoms with E-state index in [0.717, 1.165) is 51.1 Å². The molecule has 0 bridgehead atoms. The van der Waals surface area contributed by atoms with Crippen molar-refractivity contribution in [1.29, 1.82) is 0 Å². The van der Waals surface area contributed by atoms with Crippen LogP contribution in [0.5, 0.6) is 0 Å². The van der Waals surface area contributed by atoms with E-state index in [-0.39, 0.29) is 11.3 Å². The minimum atomic E-state index is -1.23. The van der Waals surface area contributed by atoms with E-state index in [0.29, 0.717) is 29.8 Å². The van der Waals surface area contributed by atoms with E-state index in [9.17, 15) is 13.2 Å². The summed E-state index contributed by atoms with van der Waals surface area (Å²) < 4.78 is 46.1. The lowest BCUT2D eigenvalue weighted by atomic mass is 10.0. The average Bonchev–Trinajstić information content (AvgIpc) is 3.22. The molecule has 3 atom stereocenters. The van der Waals surface area contributed by atoms with Crippen LogP contribution in [0.2, 0.25) is 0 Å². The molecule has 30 heavy (non-hydrogen) atoms. The first-order valence-electron chi connectivity index (χ1n) is 10.6. The van der Waals surface area contributed by atoms with Gasteiger partial charge in [-0.15, -0.1) is 10.2 Å². The predicted octanol–water partition coefficient (Wildman–Crippen LogP) is 3.72. The Morgan fingerprint density at radius 2 is 1.80 bits per heavy atom. The van der Waals surface area contributed by atoms with Crippen LogP contribution in [-0.4, -0.2) is 54.0 Å². The highest BCUT2D eigenvalue weighted by Crippen LogP contribution is 2.39. The quantitative estimate of drug-likeness (QED) is 0.725. The molecule has 160 valence electrons. The first-order chi connectivity index (χ1) is 14.5. The number of anilines is 1. The smallest absolute Gasteiger partial charge is 0.168 e. The zero-order chi connectivity index (χ0) is 20.7. The highest BCUT2D eigenvalue weighted by molar-refractivity contribution is 5.60. The fourth-order valence-corrected chi connectivity index (χ4v) is 5.02. The van der Waals surface area contributed by atoms with E-state index < -0.39 is 17.5 Å². The lowest BCUT2D eigenvalue weighted by molar-refractivity contribution is -0.0385. The Bertz CT molecular complexity index is 892. The van der Waals surface area contributed by atoms with E-state index in [2.05, 4.69) is 20.4 Å². The van der Waals surface area contributed by atoms with Gasteiger partial charge in [0, 0.05) is 36.7 Å². The van der Waals surface area contributed by atoms with Crippen LogP contribution in [-0.2, 0) is 4.74 Å². The number of aromatic nitrogens is 2. The number of likely N-dealkylation sites (tertiary alicyclic amines) is 1. The highest BCUT2D eigenvalue weighted by Gasteiger charge is 2.41. The van der Waals surface area contributed by atoms with E-state index in [1.807, 2.05) is 0 Å². The summed E-state index contributed by atoms with van der Waals surface area (Å²) in [5, 5.41) is 11.5. The minimum absolute atomic E-state index is 0.104. The van der Waals surface area contributed by atoms with Crippen LogP contribution in [0, 0.1) is 35.2 Å². The van der Waals surface area contributed by atoms with Crippen molar-refractivity contribution >= 4 is 5.82 Å². The SMILES string of the molecule is Fc1cc(F)c(F)c(-c2ccc(N[C@H]3C[C@@H]4CN(CCC5COC5)C[C@@H]4C3)nn2)c1. The number of hydrogen-bond acceptors (Lipinski definition) is 5. The molecule has 3 aliphatic rings. The largest absolute Gasteiger partial charge is 0.381 e. The van der Waals surface area contributed by atoms with Gasteiger partial charge in [0.05, 0.1) is 18.9 Å². The second-order valence-electron chi connectivity index (χ2n) is 8.84. The number of fused-ring (bicyclic) bond motifs is 1. The Hall–Kier alpha value is -2.19. The highest BCUT2D eigenvalue weighted by atomic mass is 19.2. The first kappa shape index (κ1) is 19.8. The Labute approximate surface area is 173 Å². The third kappa shape index (κ3) is 4.03. The molecule has 1 aromatic carbocycles. The van der Waals surface area contributed by atoms with Crippen LogP contribution >= 0.6 is 0 Å². The summed E-state index contributed by atoms with van der Waals surface area (Å²) in [4.78, 5) is 2.59. The molecule has 1 aromatic heterocycles. The molecular formula is C22H25F3N4O. The first-order valence-corrected chi connectivity index (χ1v) is 10.6. The summed E-state index contributed by atoms with van der Waals surface area (Å²) >= 11 is 0. The number of benzene rings is 1. The molecule has 3 heterocycles. The van der Waals surface area contributed by atoms with Gasteiger partial charge in [-0.3, -0.25) is 0 Å². The van der Waals surface area contributed by atoms with Gasteiger partial charge in [0.2, 0.25) is 0 Å². The zero-order valence-corrected chi connectivity index (χ0v) is 16.7. The summed E-state index contributed by atoms with van der Waals surface area (Å²) in [6.45, 7) is 5.33. The Morgan fingerprint density at radius 1 is 1.03 bits per heavy atom. The number of nitrogens with zero attached hydrogens (tertiary/aromatic N) is 3. The van der Waals surface area contributed by atoms with Crippen LogP contribution < -0.4 is 5.32 Å². The maximum atomic E-state index is 13.9. The molecular weight excluding hydrogens is 393 g/mol. The van der Waals surface area contributed by atoms with Gasteiger partial charge in [-0.1, -0.05) is 0 Å². The van der Waals surface area contributed by atoms with Crippen molar-refractivity contribution in [1.82, 2.24) is 15.1 Å². The molecule has 2 saturated heterocycles. The molecule has 5 rings (SSSR count). The number of nitrogens with one attached hydrogen (secondary N) is 1.